The van der Waals surface area contributed by atoms with Crippen LogP contribution in [0.25, 0.3) is 0 Å². The minimum absolute atomic E-state index is 0.282. The van der Waals surface area contributed by atoms with Crippen LogP contribution in [0.15, 0.2) is 0 Å². The van der Waals surface area contributed by atoms with Gasteiger partial charge in [0.2, 0.25) is 0 Å². The Morgan fingerprint density at radius 3 is 1.93 bits per heavy atom. The standard InChI is InChI=1S/C13H29NO/c1-3-5-6-7-8-9-10-11-12-13(15)14-4-2/h13-15H,3-12H2,1-2H3. The molecule has 0 amide bonds. The Hall–Kier alpha value is -0.0800. The van der Waals surface area contributed by atoms with Crippen molar-refractivity contribution >= 4 is 0 Å². The smallest absolute Gasteiger partial charge is 0.104 e. The first-order chi connectivity index (χ1) is 7.31. The number of hydrogen-bond donors (Lipinski definition) is 2. The van der Waals surface area contributed by atoms with Gasteiger partial charge < -0.3 is 5.11 Å². The summed E-state index contributed by atoms with van der Waals surface area (Å²) in [4.78, 5) is 0. The topological polar surface area (TPSA) is 32.3 Å². The second-order valence-electron chi connectivity index (χ2n) is 4.34. The van der Waals surface area contributed by atoms with Crippen molar-refractivity contribution in [3.63, 3.8) is 0 Å². The van der Waals surface area contributed by atoms with Gasteiger partial charge in [-0.25, -0.2) is 0 Å². The van der Waals surface area contributed by atoms with Gasteiger partial charge in [-0.1, -0.05) is 58.8 Å². The fourth-order valence-electron chi connectivity index (χ4n) is 1.81. The molecule has 0 saturated carbocycles. The SMILES string of the molecule is CCCCCCCCCCC(O)NCC. The quantitative estimate of drug-likeness (QED) is 0.409. The summed E-state index contributed by atoms with van der Waals surface area (Å²) in [5.74, 6) is 0. The summed E-state index contributed by atoms with van der Waals surface area (Å²) < 4.78 is 0. The second kappa shape index (κ2) is 12.0. The average molecular weight is 215 g/mol. The molecule has 2 heteroatoms. The third kappa shape index (κ3) is 11.8. The molecular weight excluding hydrogens is 186 g/mol. The zero-order valence-corrected chi connectivity index (χ0v) is 10.6. The van der Waals surface area contributed by atoms with Gasteiger partial charge in [-0.3, -0.25) is 5.32 Å². The lowest BCUT2D eigenvalue weighted by molar-refractivity contribution is 0.126. The Morgan fingerprint density at radius 1 is 0.867 bits per heavy atom. The summed E-state index contributed by atoms with van der Waals surface area (Å²) in [6, 6.07) is 0. The van der Waals surface area contributed by atoms with Crippen LogP contribution in [0, 0.1) is 0 Å². The van der Waals surface area contributed by atoms with Gasteiger partial charge in [-0.15, -0.1) is 0 Å². The molecule has 0 aliphatic carbocycles. The van der Waals surface area contributed by atoms with Crippen LogP contribution in [0.2, 0.25) is 0 Å². The zero-order valence-electron chi connectivity index (χ0n) is 10.6. The molecule has 1 atom stereocenters. The molecule has 0 aliphatic rings. The van der Waals surface area contributed by atoms with Gasteiger partial charge >= 0.3 is 0 Å². The Labute approximate surface area is 95.5 Å². The lowest BCUT2D eigenvalue weighted by Gasteiger charge is -2.10. The van der Waals surface area contributed by atoms with E-state index in [1.54, 1.807) is 0 Å². The van der Waals surface area contributed by atoms with Gasteiger partial charge in [0.05, 0.1) is 0 Å². The first kappa shape index (κ1) is 14.9. The maximum atomic E-state index is 9.41. The molecule has 0 saturated heterocycles. The molecule has 2 nitrogen and oxygen atoms in total. The molecule has 0 aliphatic heterocycles. The Balaban J connectivity index is 2.98. The monoisotopic (exact) mass is 215 g/mol. The number of unbranched alkanes of at least 4 members (excludes halogenated alkanes) is 7. The molecule has 92 valence electrons. The lowest BCUT2D eigenvalue weighted by atomic mass is 10.1. The summed E-state index contributed by atoms with van der Waals surface area (Å²) in [5, 5.41) is 12.4. The van der Waals surface area contributed by atoms with E-state index in [0.29, 0.717) is 0 Å². The number of rotatable bonds is 11. The van der Waals surface area contributed by atoms with Crippen LogP contribution in [-0.2, 0) is 0 Å². The van der Waals surface area contributed by atoms with Crippen molar-refractivity contribution in [2.45, 2.75) is 77.9 Å². The van der Waals surface area contributed by atoms with Crippen LogP contribution in [0.1, 0.15) is 71.6 Å². The molecule has 2 N–H and O–H groups in total. The molecule has 0 aromatic heterocycles. The molecule has 0 radical (unpaired) electrons. The second-order valence-corrected chi connectivity index (χ2v) is 4.34. The Kier molecular flexibility index (Phi) is 11.9. The number of hydrogen-bond acceptors (Lipinski definition) is 2. The van der Waals surface area contributed by atoms with Crippen LogP contribution in [0.5, 0.6) is 0 Å². The van der Waals surface area contributed by atoms with Crippen molar-refractivity contribution < 1.29 is 5.11 Å². The number of aliphatic hydroxyl groups is 1. The van der Waals surface area contributed by atoms with E-state index in [9.17, 15) is 5.11 Å². The number of nitrogens with one attached hydrogen (secondary N) is 1. The largest absolute Gasteiger partial charge is 0.379 e. The molecule has 0 aromatic rings. The molecule has 15 heavy (non-hydrogen) atoms. The highest BCUT2D eigenvalue weighted by atomic mass is 16.3. The van der Waals surface area contributed by atoms with E-state index in [-0.39, 0.29) is 6.23 Å². The zero-order chi connectivity index (χ0) is 11.4. The predicted octanol–water partition coefficient (Wildman–Crippen LogP) is 3.45. The number of aliphatic hydroxyl groups excluding tert-OH is 1. The van der Waals surface area contributed by atoms with Gasteiger partial charge in [0, 0.05) is 0 Å². The highest BCUT2D eigenvalue weighted by Gasteiger charge is 2.00. The summed E-state index contributed by atoms with van der Waals surface area (Å²) >= 11 is 0. The van der Waals surface area contributed by atoms with Crippen molar-refractivity contribution in [1.29, 1.82) is 0 Å². The molecule has 0 bridgehead atoms. The molecule has 0 heterocycles. The maximum Gasteiger partial charge on any atom is 0.104 e. The van der Waals surface area contributed by atoms with Crippen molar-refractivity contribution in [1.82, 2.24) is 5.32 Å². The summed E-state index contributed by atoms with van der Waals surface area (Å²) in [5.41, 5.74) is 0. The van der Waals surface area contributed by atoms with Crippen molar-refractivity contribution in [2.75, 3.05) is 6.54 Å². The third-order valence-electron chi connectivity index (χ3n) is 2.77. The van der Waals surface area contributed by atoms with Crippen LogP contribution in [0.3, 0.4) is 0 Å². The van der Waals surface area contributed by atoms with Crippen molar-refractivity contribution in [2.24, 2.45) is 0 Å². The fraction of sp³-hybridized carbons (Fsp3) is 1.00. The molecule has 0 fully saturated rings. The predicted molar refractivity (Wildman–Crippen MR) is 66.9 cm³/mol. The molecule has 0 spiro atoms. The highest BCUT2D eigenvalue weighted by Crippen LogP contribution is 2.09. The van der Waals surface area contributed by atoms with E-state index >= 15 is 0 Å². The minimum atomic E-state index is -0.282. The minimum Gasteiger partial charge on any atom is -0.379 e. The van der Waals surface area contributed by atoms with Gasteiger partial charge in [0.25, 0.3) is 0 Å². The molecule has 0 aromatic carbocycles. The van der Waals surface area contributed by atoms with Crippen molar-refractivity contribution in [3.8, 4) is 0 Å². The Bertz CT molecular complexity index is 117. The van der Waals surface area contributed by atoms with E-state index in [1.165, 1.54) is 44.9 Å². The van der Waals surface area contributed by atoms with E-state index < -0.39 is 0 Å². The highest BCUT2D eigenvalue weighted by molar-refractivity contribution is 4.52. The van der Waals surface area contributed by atoms with Crippen LogP contribution in [0.4, 0.5) is 0 Å². The normalized spacial score (nSPS) is 13.0. The van der Waals surface area contributed by atoms with Gasteiger partial charge in [0.1, 0.15) is 6.23 Å². The van der Waals surface area contributed by atoms with Crippen LogP contribution >= 0.6 is 0 Å². The van der Waals surface area contributed by atoms with Crippen LogP contribution < -0.4 is 5.32 Å². The lowest BCUT2D eigenvalue weighted by Crippen LogP contribution is -2.27. The van der Waals surface area contributed by atoms with Gasteiger partial charge in [0.15, 0.2) is 0 Å². The summed E-state index contributed by atoms with van der Waals surface area (Å²) in [6.07, 6.45) is 11.3. The van der Waals surface area contributed by atoms with Crippen molar-refractivity contribution in [3.05, 3.63) is 0 Å². The first-order valence-electron chi connectivity index (χ1n) is 6.72. The van der Waals surface area contributed by atoms with E-state index in [1.807, 2.05) is 6.92 Å². The first-order valence-corrected chi connectivity index (χ1v) is 6.72. The van der Waals surface area contributed by atoms with Gasteiger partial charge in [-0.2, -0.15) is 0 Å². The third-order valence-corrected chi connectivity index (χ3v) is 2.77. The average Bonchev–Trinajstić information content (AvgIpc) is 2.22. The van der Waals surface area contributed by atoms with E-state index in [2.05, 4.69) is 12.2 Å². The van der Waals surface area contributed by atoms with E-state index in [4.69, 9.17) is 0 Å². The maximum absolute atomic E-state index is 9.41. The van der Waals surface area contributed by atoms with E-state index in [0.717, 1.165) is 19.4 Å². The molecule has 0 rings (SSSR count). The summed E-state index contributed by atoms with van der Waals surface area (Å²) in [7, 11) is 0. The molecule has 1 unspecified atom stereocenters. The van der Waals surface area contributed by atoms with Crippen LogP contribution in [-0.4, -0.2) is 17.9 Å². The summed E-state index contributed by atoms with van der Waals surface area (Å²) in [6.45, 7) is 5.14. The van der Waals surface area contributed by atoms with Gasteiger partial charge in [-0.05, 0) is 19.4 Å². The fourth-order valence-corrected chi connectivity index (χ4v) is 1.81. The Morgan fingerprint density at radius 2 is 1.40 bits per heavy atom. The molecular formula is C13H29NO.